The number of rotatable bonds is 1. The Balaban J connectivity index is 3.13. The van der Waals surface area contributed by atoms with E-state index in [1.165, 1.54) is 19.1 Å². The summed E-state index contributed by atoms with van der Waals surface area (Å²) in [4.78, 5) is 0. The molecule has 0 saturated heterocycles. The maximum atomic E-state index is 11.9. The molecule has 0 radical (unpaired) electrons. The van der Waals surface area contributed by atoms with Crippen LogP contribution in [0, 0.1) is 6.92 Å². The monoisotopic (exact) mass is 225 g/mol. The molecule has 1 aromatic rings. The standard InChI is InChI=1S/C8H7ClF3NO/c1-4-2-3-5(9)6(13)7(4)14-8(10,11)12/h2-3H,13H2,1H3. The number of hydrogen-bond acceptors (Lipinski definition) is 2. The summed E-state index contributed by atoms with van der Waals surface area (Å²) in [7, 11) is 0. The first-order valence-corrected chi connectivity index (χ1v) is 3.99. The lowest BCUT2D eigenvalue weighted by Crippen LogP contribution is -2.18. The molecule has 0 aliphatic carbocycles. The van der Waals surface area contributed by atoms with E-state index in [4.69, 9.17) is 17.3 Å². The molecular formula is C8H7ClF3NO. The molecular weight excluding hydrogens is 219 g/mol. The van der Waals surface area contributed by atoms with E-state index < -0.39 is 12.1 Å². The molecule has 14 heavy (non-hydrogen) atoms. The van der Waals surface area contributed by atoms with Crippen molar-refractivity contribution in [2.75, 3.05) is 5.73 Å². The van der Waals surface area contributed by atoms with Crippen molar-refractivity contribution in [3.63, 3.8) is 0 Å². The van der Waals surface area contributed by atoms with Crippen LogP contribution in [0.2, 0.25) is 5.02 Å². The van der Waals surface area contributed by atoms with E-state index in [0.717, 1.165) is 0 Å². The summed E-state index contributed by atoms with van der Waals surface area (Å²) in [6.45, 7) is 1.45. The second kappa shape index (κ2) is 3.57. The predicted octanol–water partition coefficient (Wildman–Crippen LogP) is 3.13. The van der Waals surface area contributed by atoms with Gasteiger partial charge in [0.05, 0.1) is 10.7 Å². The Morgan fingerprint density at radius 2 is 1.93 bits per heavy atom. The van der Waals surface area contributed by atoms with Gasteiger partial charge in [0.2, 0.25) is 0 Å². The summed E-state index contributed by atoms with van der Waals surface area (Å²) in [5.74, 6) is -0.440. The molecule has 0 atom stereocenters. The van der Waals surface area contributed by atoms with Crippen LogP contribution in [0.25, 0.3) is 0 Å². The van der Waals surface area contributed by atoms with Gasteiger partial charge in [-0.15, -0.1) is 13.2 Å². The van der Waals surface area contributed by atoms with Gasteiger partial charge in [-0.25, -0.2) is 0 Å². The minimum absolute atomic E-state index is 0.0369. The van der Waals surface area contributed by atoms with Gasteiger partial charge in [-0.3, -0.25) is 0 Å². The maximum Gasteiger partial charge on any atom is 0.573 e. The predicted molar refractivity (Wildman–Crippen MR) is 47.3 cm³/mol. The van der Waals surface area contributed by atoms with Crippen molar-refractivity contribution in [2.24, 2.45) is 0 Å². The summed E-state index contributed by atoms with van der Waals surface area (Å²) >= 11 is 5.54. The third-order valence-electron chi connectivity index (χ3n) is 1.56. The van der Waals surface area contributed by atoms with Crippen LogP contribution in [0.1, 0.15) is 5.56 Å². The maximum absolute atomic E-state index is 11.9. The van der Waals surface area contributed by atoms with Crippen LogP contribution in [-0.4, -0.2) is 6.36 Å². The van der Waals surface area contributed by atoms with E-state index >= 15 is 0 Å². The summed E-state index contributed by atoms with van der Waals surface area (Å²) in [6, 6.07) is 2.81. The van der Waals surface area contributed by atoms with Crippen molar-refractivity contribution in [1.82, 2.24) is 0 Å². The molecule has 0 unspecified atom stereocenters. The average molecular weight is 226 g/mol. The highest BCUT2D eigenvalue weighted by Crippen LogP contribution is 2.36. The lowest BCUT2D eigenvalue weighted by molar-refractivity contribution is -0.274. The lowest BCUT2D eigenvalue weighted by atomic mass is 10.2. The van der Waals surface area contributed by atoms with E-state index in [9.17, 15) is 13.2 Å². The van der Waals surface area contributed by atoms with Gasteiger partial charge in [0, 0.05) is 0 Å². The van der Waals surface area contributed by atoms with E-state index in [-0.39, 0.29) is 16.3 Å². The van der Waals surface area contributed by atoms with E-state index in [1.54, 1.807) is 0 Å². The topological polar surface area (TPSA) is 35.2 Å². The Labute approximate surface area is 83.4 Å². The molecule has 0 bridgehead atoms. The third kappa shape index (κ3) is 2.45. The van der Waals surface area contributed by atoms with Crippen molar-refractivity contribution in [1.29, 1.82) is 0 Å². The highest BCUT2D eigenvalue weighted by Gasteiger charge is 2.32. The Kier molecular flexibility index (Phi) is 2.80. The van der Waals surface area contributed by atoms with Crippen molar-refractivity contribution in [3.8, 4) is 5.75 Å². The van der Waals surface area contributed by atoms with Crippen LogP contribution >= 0.6 is 11.6 Å². The Morgan fingerprint density at radius 3 is 2.43 bits per heavy atom. The Hall–Kier alpha value is -1.10. The number of alkyl halides is 3. The van der Waals surface area contributed by atoms with Gasteiger partial charge in [0.15, 0.2) is 5.75 Å². The fraction of sp³-hybridized carbons (Fsp3) is 0.250. The van der Waals surface area contributed by atoms with Gasteiger partial charge in [0.1, 0.15) is 0 Å². The van der Waals surface area contributed by atoms with Gasteiger partial charge in [-0.05, 0) is 18.6 Å². The van der Waals surface area contributed by atoms with Crippen LogP contribution in [0.5, 0.6) is 5.75 Å². The zero-order valence-electron chi connectivity index (χ0n) is 7.15. The minimum Gasteiger partial charge on any atom is -0.403 e. The van der Waals surface area contributed by atoms with Gasteiger partial charge < -0.3 is 10.5 Å². The molecule has 0 aliphatic heterocycles. The fourth-order valence-corrected chi connectivity index (χ4v) is 1.08. The molecule has 6 heteroatoms. The molecule has 0 amide bonds. The summed E-state index contributed by atoms with van der Waals surface area (Å²) in [5, 5.41) is 0.0369. The number of hydrogen-bond donors (Lipinski definition) is 1. The molecule has 0 saturated carbocycles. The van der Waals surface area contributed by atoms with Crippen molar-refractivity contribution < 1.29 is 17.9 Å². The summed E-state index contributed by atoms with van der Waals surface area (Å²) in [5.41, 5.74) is 5.41. The molecule has 2 N–H and O–H groups in total. The number of halogens is 4. The van der Waals surface area contributed by atoms with Crippen molar-refractivity contribution in [3.05, 3.63) is 22.7 Å². The number of aryl methyl sites for hydroxylation is 1. The Bertz CT molecular complexity index is 351. The van der Waals surface area contributed by atoms with Crippen LogP contribution in [-0.2, 0) is 0 Å². The Morgan fingerprint density at radius 1 is 1.36 bits per heavy atom. The molecule has 1 aromatic carbocycles. The second-order valence-corrected chi connectivity index (χ2v) is 3.06. The summed E-state index contributed by atoms with van der Waals surface area (Å²) in [6.07, 6.45) is -4.76. The third-order valence-corrected chi connectivity index (χ3v) is 1.89. The normalized spacial score (nSPS) is 11.5. The van der Waals surface area contributed by atoms with E-state index in [2.05, 4.69) is 4.74 Å². The molecule has 0 aromatic heterocycles. The highest BCUT2D eigenvalue weighted by molar-refractivity contribution is 6.33. The number of ether oxygens (including phenoxy) is 1. The van der Waals surface area contributed by atoms with Gasteiger partial charge in [-0.1, -0.05) is 17.7 Å². The largest absolute Gasteiger partial charge is 0.573 e. The van der Waals surface area contributed by atoms with E-state index in [0.29, 0.717) is 0 Å². The SMILES string of the molecule is Cc1ccc(Cl)c(N)c1OC(F)(F)F. The fourth-order valence-electron chi connectivity index (χ4n) is 0.936. The first kappa shape index (κ1) is 11.0. The second-order valence-electron chi connectivity index (χ2n) is 2.65. The average Bonchev–Trinajstić information content (AvgIpc) is 2.04. The lowest BCUT2D eigenvalue weighted by Gasteiger charge is -2.14. The number of nitrogens with two attached hydrogens (primary N) is 1. The first-order chi connectivity index (χ1) is 6.31. The molecule has 0 heterocycles. The van der Waals surface area contributed by atoms with E-state index in [1.807, 2.05) is 0 Å². The molecule has 1 rings (SSSR count). The van der Waals surface area contributed by atoms with Crippen LogP contribution in [0.15, 0.2) is 12.1 Å². The quantitative estimate of drug-likeness (QED) is 0.746. The number of nitrogen functional groups attached to an aromatic ring is 1. The van der Waals surface area contributed by atoms with Gasteiger partial charge in [0.25, 0.3) is 0 Å². The van der Waals surface area contributed by atoms with Crippen molar-refractivity contribution in [2.45, 2.75) is 13.3 Å². The number of anilines is 1. The van der Waals surface area contributed by atoms with Crippen molar-refractivity contribution >= 4 is 17.3 Å². The number of benzene rings is 1. The highest BCUT2D eigenvalue weighted by atomic mass is 35.5. The minimum atomic E-state index is -4.76. The van der Waals surface area contributed by atoms with Crippen LogP contribution < -0.4 is 10.5 Å². The first-order valence-electron chi connectivity index (χ1n) is 3.61. The molecule has 78 valence electrons. The van der Waals surface area contributed by atoms with Crippen LogP contribution in [0.3, 0.4) is 0 Å². The zero-order chi connectivity index (χ0) is 10.9. The molecule has 0 fully saturated rings. The smallest absolute Gasteiger partial charge is 0.403 e. The molecule has 0 aliphatic rings. The van der Waals surface area contributed by atoms with Crippen LogP contribution in [0.4, 0.5) is 18.9 Å². The van der Waals surface area contributed by atoms with Gasteiger partial charge in [-0.2, -0.15) is 0 Å². The summed E-state index contributed by atoms with van der Waals surface area (Å²) < 4.78 is 39.5. The van der Waals surface area contributed by atoms with Gasteiger partial charge >= 0.3 is 6.36 Å². The zero-order valence-corrected chi connectivity index (χ0v) is 7.91. The molecule has 2 nitrogen and oxygen atoms in total. The molecule has 0 spiro atoms.